The number of sulfonamides is 1. The molecule has 0 aliphatic carbocycles. The maximum atomic E-state index is 13.0. The van der Waals surface area contributed by atoms with Crippen molar-refractivity contribution in [2.45, 2.75) is 24.3 Å². The molecule has 0 bridgehead atoms. The molecule has 0 aliphatic rings. The number of aryl methyl sites for hydroxylation is 1. The van der Waals surface area contributed by atoms with E-state index in [2.05, 4.69) is 37.8 Å². The highest BCUT2D eigenvalue weighted by atomic mass is 127. The lowest BCUT2D eigenvalue weighted by Gasteiger charge is -2.18. The van der Waals surface area contributed by atoms with Crippen molar-refractivity contribution in [3.63, 3.8) is 0 Å². The van der Waals surface area contributed by atoms with Gasteiger partial charge in [0.1, 0.15) is 0 Å². The van der Waals surface area contributed by atoms with Crippen molar-refractivity contribution in [3.8, 4) is 11.5 Å². The Hall–Kier alpha value is -2.96. The summed E-state index contributed by atoms with van der Waals surface area (Å²) in [7, 11) is -0.748. The summed E-state index contributed by atoms with van der Waals surface area (Å²) in [5, 5.41) is 4.02. The summed E-state index contributed by atoms with van der Waals surface area (Å²) in [5.74, 6) is 0.708. The Labute approximate surface area is 218 Å². The lowest BCUT2D eigenvalue weighted by Crippen LogP contribution is -2.32. The number of rotatable bonds is 10. The second-order valence-electron chi connectivity index (χ2n) is 7.63. The van der Waals surface area contributed by atoms with E-state index < -0.39 is 22.0 Å². The summed E-state index contributed by atoms with van der Waals surface area (Å²) < 4.78 is 40.0. The molecule has 0 fully saturated rings. The van der Waals surface area contributed by atoms with Crippen molar-refractivity contribution >= 4 is 44.7 Å². The number of carbonyl (C=O) groups excluding carboxylic acids is 1. The van der Waals surface area contributed by atoms with Crippen molar-refractivity contribution in [2.24, 2.45) is 5.10 Å². The summed E-state index contributed by atoms with van der Waals surface area (Å²) >= 11 is 2.12. The van der Waals surface area contributed by atoms with Gasteiger partial charge in [0.15, 0.2) is 11.5 Å². The number of methoxy groups -OCH3 is 2. The number of carbonyl (C=O) groups is 1. The fourth-order valence-electron chi connectivity index (χ4n) is 3.31. The van der Waals surface area contributed by atoms with E-state index in [1.807, 2.05) is 19.1 Å². The van der Waals surface area contributed by atoms with Crippen LogP contribution in [0.2, 0.25) is 0 Å². The number of hydrazone groups is 1. The number of benzene rings is 3. The highest BCUT2D eigenvalue weighted by Gasteiger charge is 2.23. The molecule has 1 amide bonds. The van der Waals surface area contributed by atoms with Crippen LogP contribution in [0.25, 0.3) is 0 Å². The van der Waals surface area contributed by atoms with Crippen LogP contribution in [0.5, 0.6) is 11.5 Å². The quantitative estimate of drug-likeness (QED) is 0.205. The monoisotopic (exact) mass is 607 g/mol. The van der Waals surface area contributed by atoms with E-state index in [0.717, 1.165) is 9.13 Å². The van der Waals surface area contributed by atoms with Crippen molar-refractivity contribution in [2.75, 3.05) is 14.2 Å². The fourth-order valence-corrected chi connectivity index (χ4v) is 5.38. The van der Waals surface area contributed by atoms with Crippen molar-refractivity contribution in [3.05, 3.63) is 87.0 Å². The van der Waals surface area contributed by atoms with E-state index in [1.165, 1.54) is 25.5 Å². The Kier molecular flexibility index (Phi) is 9.24. The molecule has 10 heteroatoms. The molecule has 0 saturated carbocycles. The number of hydrogen-bond donors (Lipinski definition) is 2. The molecule has 0 spiro atoms. The van der Waals surface area contributed by atoms with Gasteiger partial charge in [-0.1, -0.05) is 48.0 Å². The van der Waals surface area contributed by atoms with Gasteiger partial charge < -0.3 is 9.47 Å². The third-order valence-corrected chi connectivity index (χ3v) is 7.37. The van der Waals surface area contributed by atoms with E-state index in [9.17, 15) is 13.2 Å². The van der Waals surface area contributed by atoms with Gasteiger partial charge in [-0.15, -0.1) is 0 Å². The van der Waals surface area contributed by atoms with E-state index in [4.69, 9.17) is 9.47 Å². The average molecular weight is 607 g/mol. The second kappa shape index (κ2) is 12.1. The molecular formula is C25H26IN3O5S. The normalized spacial score (nSPS) is 12.3. The van der Waals surface area contributed by atoms with Crippen molar-refractivity contribution < 1.29 is 22.7 Å². The number of halogens is 1. The van der Waals surface area contributed by atoms with Crippen LogP contribution in [-0.2, 0) is 14.8 Å². The van der Waals surface area contributed by atoms with Crippen LogP contribution in [0.4, 0.5) is 0 Å². The van der Waals surface area contributed by atoms with Crippen LogP contribution in [0.3, 0.4) is 0 Å². The van der Waals surface area contributed by atoms with Gasteiger partial charge in [-0.05, 0) is 64.9 Å². The average Bonchev–Trinajstić information content (AvgIpc) is 2.84. The van der Waals surface area contributed by atoms with Gasteiger partial charge in [0.2, 0.25) is 15.9 Å². The number of nitrogens with one attached hydrogen (secondary N) is 2. The maximum absolute atomic E-state index is 13.0. The third kappa shape index (κ3) is 7.26. The summed E-state index contributed by atoms with van der Waals surface area (Å²) in [6.07, 6.45) is 1.34. The zero-order chi connectivity index (χ0) is 25.4. The standard InChI is InChI=1S/C25H26IN3O5S/c1-17-9-11-20(12-10-17)35(31,32)29-22(19-7-5-4-6-8-19)15-24(30)28-27-16-18-13-21(26)25(34-3)23(14-18)33-2/h4-14,16,22,29H,15H2,1-3H3,(H,28,30)/b27-16-/t22-/m1/s1. The molecule has 0 aliphatic heterocycles. The van der Waals surface area contributed by atoms with Gasteiger partial charge in [-0.2, -0.15) is 5.10 Å². The molecule has 0 radical (unpaired) electrons. The van der Waals surface area contributed by atoms with Gasteiger partial charge in [-0.3, -0.25) is 4.79 Å². The molecule has 0 saturated heterocycles. The Bertz CT molecular complexity index is 1300. The van der Waals surface area contributed by atoms with E-state index in [0.29, 0.717) is 22.6 Å². The zero-order valence-corrected chi connectivity index (χ0v) is 22.5. The molecule has 0 aromatic heterocycles. The molecule has 3 aromatic carbocycles. The minimum Gasteiger partial charge on any atom is -0.493 e. The highest BCUT2D eigenvalue weighted by molar-refractivity contribution is 14.1. The summed E-state index contributed by atoms with van der Waals surface area (Å²) in [4.78, 5) is 12.8. The van der Waals surface area contributed by atoms with Crippen LogP contribution in [0.15, 0.2) is 76.7 Å². The third-order valence-electron chi connectivity index (χ3n) is 5.08. The topological polar surface area (TPSA) is 106 Å². The van der Waals surface area contributed by atoms with E-state index >= 15 is 0 Å². The SMILES string of the molecule is COc1cc(/C=N\NC(=O)C[C@@H](NS(=O)(=O)c2ccc(C)cc2)c2ccccc2)cc(I)c1OC. The zero-order valence-electron chi connectivity index (χ0n) is 19.5. The van der Waals surface area contributed by atoms with Crippen molar-refractivity contribution in [1.29, 1.82) is 0 Å². The molecule has 2 N–H and O–H groups in total. The first-order valence-corrected chi connectivity index (χ1v) is 13.2. The fraction of sp³-hybridized carbons (Fsp3) is 0.200. The number of amides is 1. The minimum atomic E-state index is -3.85. The first-order valence-electron chi connectivity index (χ1n) is 10.6. The van der Waals surface area contributed by atoms with Crippen LogP contribution in [0.1, 0.15) is 29.2 Å². The predicted molar refractivity (Wildman–Crippen MR) is 143 cm³/mol. The second-order valence-corrected chi connectivity index (χ2v) is 10.5. The maximum Gasteiger partial charge on any atom is 0.242 e. The Morgan fingerprint density at radius 1 is 1.06 bits per heavy atom. The molecule has 1 atom stereocenters. The highest BCUT2D eigenvalue weighted by Crippen LogP contribution is 2.33. The van der Waals surface area contributed by atoms with Gasteiger partial charge in [0.25, 0.3) is 0 Å². The van der Waals surface area contributed by atoms with Gasteiger partial charge in [0, 0.05) is 6.42 Å². The lowest BCUT2D eigenvalue weighted by molar-refractivity contribution is -0.121. The molecule has 0 unspecified atom stereocenters. The summed E-state index contributed by atoms with van der Waals surface area (Å²) in [5.41, 5.74) is 4.78. The molecular weight excluding hydrogens is 581 g/mol. The summed E-state index contributed by atoms with van der Waals surface area (Å²) in [6, 6.07) is 18.3. The summed E-state index contributed by atoms with van der Waals surface area (Å²) in [6.45, 7) is 1.88. The molecule has 0 heterocycles. The van der Waals surface area contributed by atoms with Crippen molar-refractivity contribution in [1.82, 2.24) is 10.1 Å². The number of ether oxygens (including phenoxy) is 2. The van der Waals surface area contributed by atoms with E-state index in [-0.39, 0.29) is 11.3 Å². The first-order chi connectivity index (χ1) is 16.7. The van der Waals surface area contributed by atoms with Crippen LogP contribution < -0.4 is 19.6 Å². The first kappa shape index (κ1) is 26.6. The predicted octanol–water partition coefficient (Wildman–Crippen LogP) is 4.18. The number of hydrogen-bond acceptors (Lipinski definition) is 6. The molecule has 3 aromatic rings. The Morgan fingerprint density at radius 3 is 2.37 bits per heavy atom. The molecule has 184 valence electrons. The molecule has 35 heavy (non-hydrogen) atoms. The van der Waals surface area contributed by atoms with Gasteiger partial charge >= 0.3 is 0 Å². The number of nitrogens with zero attached hydrogens (tertiary/aromatic N) is 1. The largest absolute Gasteiger partial charge is 0.493 e. The smallest absolute Gasteiger partial charge is 0.242 e. The molecule has 8 nitrogen and oxygen atoms in total. The van der Waals surface area contributed by atoms with E-state index in [1.54, 1.807) is 49.6 Å². The minimum absolute atomic E-state index is 0.130. The van der Waals surface area contributed by atoms with Crippen LogP contribution in [0, 0.1) is 10.5 Å². The Balaban J connectivity index is 1.74. The van der Waals surface area contributed by atoms with Crippen LogP contribution in [-0.4, -0.2) is 34.8 Å². The van der Waals surface area contributed by atoms with Gasteiger partial charge in [-0.25, -0.2) is 18.6 Å². The van der Waals surface area contributed by atoms with Gasteiger partial charge in [0.05, 0.1) is 34.9 Å². The molecule has 3 rings (SSSR count). The van der Waals surface area contributed by atoms with Crippen LogP contribution >= 0.6 is 22.6 Å². The Morgan fingerprint density at radius 2 is 1.74 bits per heavy atom. The lowest BCUT2D eigenvalue weighted by atomic mass is 10.0.